The highest BCUT2D eigenvalue weighted by molar-refractivity contribution is 6.07. The SMILES string of the molecule is COc1ccc(CNC(=O)c2cc(-c3ccc(NC(C)=O)cc3)nc3ccc(C)cc23)cc1. The Balaban J connectivity index is 1.66. The first-order valence-electron chi connectivity index (χ1n) is 10.6. The van der Waals surface area contributed by atoms with Crippen LogP contribution in [0.5, 0.6) is 5.75 Å². The first kappa shape index (κ1) is 22.0. The second-order valence-corrected chi connectivity index (χ2v) is 7.86. The van der Waals surface area contributed by atoms with E-state index in [2.05, 4.69) is 10.6 Å². The van der Waals surface area contributed by atoms with Crippen LogP contribution in [0.4, 0.5) is 5.69 Å². The number of anilines is 1. The number of carbonyl (C=O) groups is 2. The van der Waals surface area contributed by atoms with Crippen LogP contribution in [-0.2, 0) is 11.3 Å². The van der Waals surface area contributed by atoms with Crippen LogP contribution in [0.3, 0.4) is 0 Å². The van der Waals surface area contributed by atoms with Crippen molar-refractivity contribution in [2.24, 2.45) is 0 Å². The maximum atomic E-state index is 13.2. The third-order valence-electron chi connectivity index (χ3n) is 5.32. The summed E-state index contributed by atoms with van der Waals surface area (Å²) in [5.41, 5.74) is 5.61. The molecule has 6 nitrogen and oxygen atoms in total. The number of nitrogens with zero attached hydrogens (tertiary/aromatic N) is 1. The average Bonchev–Trinajstić information content (AvgIpc) is 2.82. The molecule has 4 rings (SSSR count). The van der Waals surface area contributed by atoms with Crippen LogP contribution >= 0.6 is 0 Å². The van der Waals surface area contributed by atoms with E-state index in [-0.39, 0.29) is 11.8 Å². The Morgan fingerprint density at radius 3 is 2.33 bits per heavy atom. The fraction of sp³-hybridized carbons (Fsp3) is 0.148. The van der Waals surface area contributed by atoms with Crippen LogP contribution in [0.2, 0.25) is 0 Å². The highest BCUT2D eigenvalue weighted by Crippen LogP contribution is 2.27. The van der Waals surface area contributed by atoms with E-state index in [1.807, 2.05) is 79.7 Å². The van der Waals surface area contributed by atoms with Crippen molar-refractivity contribution < 1.29 is 14.3 Å². The molecule has 0 aliphatic carbocycles. The zero-order chi connectivity index (χ0) is 23.4. The number of nitrogens with one attached hydrogen (secondary N) is 2. The second-order valence-electron chi connectivity index (χ2n) is 7.86. The number of ether oxygens (including phenoxy) is 1. The van der Waals surface area contributed by atoms with Crippen molar-refractivity contribution in [3.63, 3.8) is 0 Å². The summed E-state index contributed by atoms with van der Waals surface area (Å²) in [6.07, 6.45) is 0. The molecule has 0 saturated carbocycles. The summed E-state index contributed by atoms with van der Waals surface area (Å²) in [6.45, 7) is 3.87. The van der Waals surface area contributed by atoms with E-state index in [1.54, 1.807) is 7.11 Å². The monoisotopic (exact) mass is 439 g/mol. The predicted molar refractivity (Wildman–Crippen MR) is 130 cm³/mol. The Morgan fingerprint density at radius 1 is 0.939 bits per heavy atom. The van der Waals surface area contributed by atoms with Crippen LogP contribution < -0.4 is 15.4 Å². The molecule has 1 heterocycles. The molecule has 0 bridgehead atoms. The summed E-state index contributed by atoms with van der Waals surface area (Å²) < 4.78 is 5.19. The highest BCUT2D eigenvalue weighted by Gasteiger charge is 2.14. The third-order valence-corrected chi connectivity index (χ3v) is 5.32. The van der Waals surface area contributed by atoms with E-state index < -0.39 is 0 Å². The lowest BCUT2D eigenvalue weighted by Gasteiger charge is -2.12. The van der Waals surface area contributed by atoms with Gasteiger partial charge in [0, 0.05) is 30.1 Å². The number of benzene rings is 3. The van der Waals surface area contributed by atoms with E-state index in [1.165, 1.54) is 6.92 Å². The fourth-order valence-corrected chi connectivity index (χ4v) is 3.62. The van der Waals surface area contributed by atoms with Crippen molar-refractivity contribution in [1.82, 2.24) is 10.3 Å². The molecular weight excluding hydrogens is 414 g/mol. The van der Waals surface area contributed by atoms with E-state index >= 15 is 0 Å². The number of pyridine rings is 1. The van der Waals surface area contributed by atoms with Gasteiger partial charge in [0.1, 0.15) is 5.75 Å². The number of methoxy groups -OCH3 is 1. The van der Waals surface area contributed by atoms with Crippen molar-refractivity contribution >= 4 is 28.4 Å². The summed E-state index contributed by atoms with van der Waals surface area (Å²) in [5, 5.41) is 6.58. The van der Waals surface area contributed by atoms with Gasteiger partial charge in [-0.1, -0.05) is 35.9 Å². The molecule has 0 fully saturated rings. The van der Waals surface area contributed by atoms with Gasteiger partial charge in [-0.25, -0.2) is 4.98 Å². The van der Waals surface area contributed by atoms with Crippen molar-refractivity contribution in [3.05, 3.63) is 89.5 Å². The lowest BCUT2D eigenvalue weighted by molar-refractivity contribution is -0.114. The van der Waals surface area contributed by atoms with E-state index in [4.69, 9.17) is 9.72 Å². The number of rotatable bonds is 6. The van der Waals surface area contributed by atoms with Crippen molar-refractivity contribution in [3.8, 4) is 17.0 Å². The second kappa shape index (κ2) is 9.53. The minimum atomic E-state index is -0.167. The van der Waals surface area contributed by atoms with E-state index in [9.17, 15) is 9.59 Å². The highest BCUT2D eigenvalue weighted by atomic mass is 16.5. The maximum absolute atomic E-state index is 13.2. The van der Waals surface area contributed by atoms with Crippen molar-refractivity contribution in [2.75, 3.05) is 12.4 Å². The first-order chi connectivity index (χ1) is 15.9. The van der Waals surface area contributed by atoms with Crippen LogP contribution in [-0.4, -0.2) is 23.9 Å². The molecule has 166 valence electrons. The lowest BCUT2D eigenvalue weighted by Crippen LogP contribution is -2.23. The maximum Gasteiger partial charge on any atom is 0.252 e. The Morgan fingerprint density at radius 2 is 1.67 bits per heavy atom. The molecule has 6 heteroatoms. The first-order valence-corrected chi connectivity index (χ1v) is 10.6. The minimum absolute atomic E-state index is 0.127. The summed E-state index contributed by atoms with van der Waals surface area (Å²) in [4.78, 5) is 29.3. The molecular formula is C27H25N3O3. The van der Waals surface area contributed by atoms with Crippen molar-refractivity contribution in [2.45, 2.75) is 20.4 Å². The van der Waals surface area contributed by atoms with Gasteiger partial charge < -0.3 is 15.4 Å². The van der Waals surface area contributed by atoms with Gasteiger partial charge in [0.25, 0.3) is 5.91 Å². The van der Waals surface area contributed by atoms with Crippen LogP contribution in [0.1, 0.15) is 28.4 Å². The van der Waals surface area contributed by atoms with Crippen molar-refractivity contribution in [1.29, 1.82) is 0 Å². The normalized spacial score (nSPS) is 10.6. The van der Waals surface area contributed by atoms with E-state index in [0.717, 1.165) is 33.3 Å². The Labute approximate surface area is 192 Å². The number of amides is 2. The molecule has 0 radical (unpaired) electrons. The quantitative estimate of drug-likeness (QED) is 0.438. The molecule has 2 amide bonds. The Hall–Kier alpha value is -4.19. The minimum Gasteiger partial charge on any atom is -0.497 e. The molecule has 1 aromatic heterocycles. The predicted octanol–water partition coefficient (Wildman–Crippen LogP) is 5.11. The number of hydrogen-bond donors (Lipinski definition) is 2. The number of carbonyl (C=O) groups excluding carboxylic acids is 2. The molecule has 0 aliphatic rings. The number of hydrogen-bond acceptors (Lipinski definition) is 4. The summed E-state index contributed by atoms with van der Waals surface area (Å²) in [7, 11) is 1.62. The molecule has 4 aromatic rings. The van der Waals surface area contributed by atoms with Gasteiger partial charge in [0.05, 0.1) is 23.9 Å². The Kier molecular flexibility index (Phi) is 6.36. The topological polar surface area (TPSA) is 80.3 Å². The summed E-state index contributed by atoms with van der Waals surface area (Å²) >= 11 is 0. The Bertz CT molecular complexity index is 1310. The van der Waals surface area contributed by atoms with Gasteiger partial charge >= 0.3 is 0 Å². The largest absolute Gasteiger partial charge is 0.497 e. The van der Waals surface area contributed by atoms with Crippen LogP contribution in [0.15, 0.2) is 72.8 Å². The van der Waals surface area contributed by atoms with Gasteiger partial charge in [-0.15, -0.1) is 0 Å². The van der Waals surface area contributed by atoms with Gasteiger partial charge in [-0.05, 0) is 55.0 Å². The molecule has 0 atom stereocenters. The molecule has 0 unspecified atom stereocenters. The molecule has 33 heavy (non-hydrogen) atoms. The lowest BCUT2D eigenvalue weighted by atomic mass is 10.0. The molecule has 0 aliphatic heterocycles. The van der Waals surface area contributed by atoms with Gasteiger partial charge in [0.15, 0.2) is 0 Å². The molecule has 0 saturated heterocycles. The third kappa shape index (κ3) is 5.18. The summed E-state index contributed by atoms with van der Waals surface area (Å²) in [6, 6.07) is 22.7. The number of aryl methyl sites for hydroxylation is 1. The van der Waals surface area contributed by atoms with Gasteiger partial charge in [0.2, 0.25) is 5.91 Å². The standard InChI is InChI=1S/C27H25N3O3/c1-17-4-13-25-23(14-17)24(27(32)28-16-19-5-11-22(33-3)12-6-19)15-26(30-25)20-7-9-21(10-8-20)29-18(2)31/h4-15H,16H2,1-3H3,(H,28,32)(H,29,31). The number of aromatic nitrogens is 1. The molecule has 0 spiro atoms. The van der Waals surface area contributed by atoms with E-state index in [0.29, 0.717) is 23.5 Å². The summed E-state index contributed by atoms with van der Waals surface area (Å²) in [5.74, 6) is 0.479. The molecule has 3 aromatic carbocycles. The molecule has 2 N–H and O–H groups in total. The fourth-order valence-electron chi connectivity index (χ4n) is 3.62. The van der Waals surface area contributed by atoms with Crippen LogP contribution in [0, 0.1) is 6.92 Å². The van der Waals surface area contributed by atoms with Gasteiger partial charge in [-0.3, -0.25) is 9.59 Å². The number of fused-ring (bicyclic) bond motifs is 1. The zero-order valence-electron chi connectivity index (χ0n) is 18.8. The van der Waals surface area contributed by atoms with Gasteiger partial charge in [-0.2, -0.15) is 0 Å². The zero-order valence-corrected chi connectivity index (χ0v) is 18.8. The average molecular weight is 440 g/mol. The smallest absolute Gasteiger partial charge is 0.252 e. The van der Waals surface area contributed by atoms with Crippen LogP contribution in [0.25, 0.3) is 22.2 Å².